The van der Waals surface area contributed by atoms with E-state index in [2.05, 4.69) is 65.6 Å². The number of benzene rings is 2. The zero-order chi connectivity index (χ0) is 22.4. The lowest BCUT2D eigenvalue weighted by molar-refractivity contribution is 0.463. The normalized spacial score (nSPS) is 13.4. The lowest BCUT2D eigenvalue weighted by Crippen LogP contribution is -2.21. The molecule has 3 aromatic heterocycles. The van der Waals surface area contributed by atoms with Crippen molar-refractivity contribution in [3.63, 3.8) is 0 Å². The van der Waals surface area contributed by atoms with Crippen molar-refractivity contribution >= 4 is 37.3 Å². The van der Waals surface area contributed by atoms with Crippen LogP contribution in [0.1, 0.15) is 5.69 Å². The molecule has 0 saturated carbocycles. The van der Waals surface area contributed by atoms with Crippen molar-refractivity contribution in [2.24, 2.45) is 0 Å². The van der Waals surface area contributed by atoms with Crippen LogP contribution >= 0.6 is 11.3 Å². The molecule has 0 N–H and O–H groups in total. The molecule has 2 aromatic carbocycles. The van der Waals surface area contributed by atoms with Crippen molar-refractivity contribution in [3.8, 4) is 22.9 Å². The third-order valence-corrected chi connectivity index (χ3v) is 6.90. The van der Waals surface area contributed by atoms with Gasteiger partial charge >= 0.3 is 0 Å². The fraction of sp³-hybridized carbons (Fsp3) is 0.111. The molecule has 6 heteroatoms. The van der Waals surface area contributed by atoms with Crippen molar-refractivity contribution in [1.82, 2.24) is 14.9 Å². The molecule has 33 heavy (non-hydrogen) atoms. The van der Waals surface area contributed by atoms with Crippen molar-refractivity contribution in [1.29, 1.82) is 0 Å². The molecule has 0 fully saturated rings. The summed E-state index contributed by atoms with van der Waals surface area (Å²) in [6, 6.07) is 24.6. The summed E-state index contributed by atoms with van der Waals surface area (Å²) in [5, 5.41) is 2.40. The molecular weight excluding hydrogens is 428 g/mol. The summed E-state index contributed by atoms with van der Waals surface area (Å²) < 4.78 is 7.37. The number of rotatable bonds is 4. The summed E-state index contributed by atoms with van der Waals surface area (Å²) in [5.74, 6) is 1.34. The van der Waals surface area contributed by atoms with Crippen LogP contribution in [0.25, 0.3) is 31.6 Å². The highest BCUT2D eigenvalue weighted by Gasteiger charge is 2.14. The molecule has 0 atom stereocenters. The number of ether oxygens (including phenoxy) is 1. The number of aryl methyl sites for hydroxylation is 1. The number of nitrogens with zero attached hydrogens (tertiary/aromatic N) is 4. The lowest BCUT2D eigenvalue weighted by atomic mass is 10.1. The summed E-state index contributed by atoms with van der Waals surface area (Å²) >= 11 is 1.72. The van der Waals surface area contributed by atoms with E-state index in [1.54, 1.807) is 11.3 Å². The molecule has 0 saturated heterocycles. The van der Waals surface area contributed by atoms with Crippen LogP contribution in [0, 0.1) is 6.92 Å². The van der Waals surface area contributed by atoms with E-state index in [-0.39, 0.29) is 0 Å². The van der Waals surface area contributed by atoms with E-state index < -0.39 is 0 Å². The van der Waals surface area contributed by atoms with Crippen molar-refractivity contribution in [2.45, 2.75) is 6.92 Å². The number of pyridine rings is 2. The van der Waals surface area contributed by atoms with E-state index in [4.69, 9.17) is 14.7 Å². The Morgan fingerprint density at radius 2 is 1.76 bits per heavy atom. The Morgan fingerprint density at radius 3 is 2.64 bits per heavy atom. The van der Waals surface area contributed by atoms with Gasteiger partial charge in [-0.15, -0.1) is 11.3 Å². The minimum Gasteiger partial charge on any atom is -0.439 e. The molecule has 5 nitrogen and oxygen atoms in total. The summed E-state index contributed by atoms with van der Waals surface area (Å²) in [6.07, 6.45) is 4.13. The van der Waals surface area contributed by atoms with Gasteiger partial charge in [0.05, 0.1) is 12.4 Å². The van der Waals surface area contributed by atoms with E-state index in [0.717, 1.165) is 39.9 Å². The fourth-order valence-electron chi connectivity index (χ4n) is 4.14. The largest absolute Gasteiger partial charge is 0.439 e. The molecular formula is C27H22N4OS. The summed E-state index contributed by atoms with van der Waals surface area (Å²) in [5.41, 5.74) is 4.10. The molecule has 0 amide bonds. The number of aromatic nitrogens is 2. The number of hydrogen-bond donors (Lipinski definition) is 0. The van der Waals surface area contributed by atoms with Gasteiger partial charge in [0.15, 0.2) is 0 Å². The Kier molecular flexibility index (Phi) is 4.73. The van der Waals surface area contributed by atoms with E-state index in [1.165, 1.54) is 15.5 Å². The summed E-state index contributed by atoms with van der Waals surface area (Å²) in [6.45, 7) is 2.85. The first-order valence-corrected chi connectivity index (χ1v) is 11.7. The smallest absolute Gasteiger partial charge is 0.219 e. The monoisotopic (exact) mass is 450 g/mol. The van der Waals surface area contributed by atoms with E-state index in [0.29, 0.717) is 5.88 Å². The van der Waals surface area contributed by atoms with Gasteiger partial charge in [-0.05, 0) is 37.3 Å². The fourth-order valence-corrected chi connectivity index (χ4v) is 5.38. The Balaban J connectivity index is 1.35. The molecule has 6 rings (SSSR count). The standard InChI is InChI=1S/C27H22N4OS/c1-18-12-13-22-21-8-4-9-23(26(21)33-27(22)28-18)24-10-5-11-25(29-24)32-20-7-3-6-19(16-20)31-15-14-30(2)17-31/h3-16H,17H2,1-2H3. The maximum atomic E-state index is 6.17. The first-order chi connectivity index (χ1) is 16.1. The zero-order valence-corrected chi connectivity index (χ0v) is 19.2. The minimum absolute atomic E-state index is 0.575. The van der Waals surface area contributed by atoms with Crippen molar-refractivity contribution < 1.29 is 4.74 Å². The molecule has 0 aliphatic carbocycles. The predicted octanol–water partition coefficient (Wildman–Crippen LogP) is 6.79. The Morgan fingerprint density at radius 1 is 0.879 bits per heavy atom. The number of hydrogen-bond acceptors (Lipinski definition) is 6. The second kappa shape index (κ2) is 7.90. The topological polar surface area (TPSA) is 41.5 Å². The van der Waals surface area contributed by atoms with Crippen LogP contribution < -0.4 is 9.64 Å². The van der Waals surface area contributed by atoms with Gasteiger partial charge in [0, 0.05) is 64.0 Å². The van der Waals surface area contributed by atoms with E-state index >= 15 is 0 Å². The molecule has 0 spiro atoms. The van der Waals surface area contributed by atoms with Crippen LogP contribution in [-0.4, -0.2) is 28.6 Å². The molecule has 1 aliphatic heterocycles. The second-order valence-corrected chi connectivity index (χ2v) is 9.22. The van der Waals surface area contributed by atoms with Gasteiger partial charge in [-0.2, -0.15) is 0 Å². The van der Waals surface area contributed by atoms with Crippen LogP contribution in [-0.2, 0) is 0 Å². The predicted molar refractivity (Wildman–Crippen MR) is 136 cm³/mol. The third kappa shape index (κ3) is 3.68. The molecule has 0 radical (unpaired) electrons. The van der Waals surface area contributed by atoms with E-state index in [1.807, 2.05) is 43.3 Å². The first-order valence-electron chi connectivity index (χ1n) is 10.8. The van der Waals surface area contributed by atoms with E-state index in [9.17, 15) is 0 Å². The van der Waals surface area contributed by atoms with Gasteiger partial charge in [-0.3, -0.25) is 0 Å². The second-order valence-electron chi connectivity index (χ2n) is 8.22. The Bertz CT molecular complexity index is 1520. The molecule has 5 aromatic rings. The van der Waals surface area contributed by atoms with Crippen LogP contribution in [0.5, 0.6) is 11.6 Å². The SMILES string of the molecule is Cc1ccc2c(n1)sc1c(-c3cccc(Oc4cccc(N5C=CN(C)C5)c4)n3)cccc12. The summed E-state index contributed by atoms with van der Waals surface area (Å²) in [4.78, 5) is 14.9. The Labute approximate surface area is 196 Å². The maximum Gasteiger partial charge on any atom is 0.219 e. The van der Waals surface area contributed by atoms with Crippen LogP contribution in [0.15, 0.2) is 85.2 Å². The number of thiophene rings is 1. The zero-order valence-electron chi connectivity index (χ0n) is 18.4. The van der Waals surface area contributed by atoms with Gasteiger partial charge in [-0.1, -0.05) is 30.3 Å². The lowest BCUT2D eigenvalue weighted by Gasteiger charge is -2.18. The van der Waals surface area contributed by atoms with Gasteiger partial charge in [0.1, 0.15) is 10.6 Å². The molecule has 162 valence electrons. The summed E-state index contributed by atoms with van der Waals surface area (Å²) in [7, 11) is 2.06. The maximum absolute atomic E-state index is 6.17. The number of fused-ring (bicyclic) bond motifs is 3. The van der Waals surface area contributed by atoms with Crippen LogP contribution in [0.4, 0.5) is 5.69 Å². The molecule has 4 heterocycles. The minimum atomic E-state index is 0.575. The molecule has 0 unspecified atom stereocenters. The van der Waals surface area contributed by atoms with Crippen molar-refractivity contribution in [2.75, 3.05) is 18.6 Å². The molecule has 1 aliphatic rings. The third-order valence-electron chi connectivity index (χ3n) is 5.75. The molecule has 0 bridgehead atoms. The van der Waals surface area contributed by atoms with Crippen molar-refractivity contribution in [3.05, 3.63) is 90.9 Å². The Hall–Kier alpha value is -3.90. The van der Waals surface area contributed by atoms with Crippen LogP contribution in [0.3, 0.4) is 0 Å². The van der Waals surface area contributed by atoms with Gasteiger partial charge < -0.3 is 14.5 Å². The van der Waals surface area contributed by atoms with Gasteiger partial charge in [-0.25, -0.2) is 9.97 Å². The highest BCUT2D eigenvalue weighted by Crippen LogP contribution is 2.39. The van der Waals surface area contributed by atoms with Gasteiger partial charge in [0.25, 0.3) is 0 Å². The highest BCUT2D eigenvalue weighted by atomic mass is 32.1. The van der Waals surface area contributed by atoms with Crippen LogP contribution in [0.2, 0.25) is 0 Å². The average Bonchev–Trinajstić information content (AvgIpc) is 3.42. The first kappa shape index (κ1) is 19.8. The average molecular weight is 451 g/mol. The quantitative estimate of drug-likeness (QED) is 0.301. The highest BCUT2D eigenvalue weighted by molar-refractivity contribution is 7.26. The number of anilines is 1. The van der Waals surface area contributed by atoms with Gasteiger partial charge in [0.2, 0.25) is 5.88 Å².